The number of benzene rings is 2. The molecule has 0 aliphatic heterocycles. The molecule has 7 heteroatoms. The van der Waals surface area contributed by atoms with Crippen molar-refractivity contribution in [3.63, 3.8) is 0 Å². The van der Waals surface area contributed by atoms with Crippen LogP contribution < -0.4 is 25.1 Å². The number of hydrogen-bond acceptors (Lipinski definition) is 5. The fourth-order valence-electron chi connectivity index (χ4n) is 3.00. The van der Waals surface area contributed by atoms with Crippen molar-refractivity contribution in [3.8, 4) is 17.2 Å². The Balaban J connectivity index is 1.78. The molecule has 146 valence electrons. The first-order valence-electron chi connectivity index (χ1n) is 8.76. The van der Waals surface area contributed by atoms with Gasteiger partial charge in [-0.2, -0.15) is 0 Å². The number of nitrogens with one attached hydrogen (secondary N) is 2. The molecule has 2 aromatic carbocycles. The molecule has 0 fully saturated rings. The summed E-state index contributed by atoms with van der Waals surface area (Å²) in [4.78, 5) is 27.6. The molecular formula is C21H22N2O5. The predicted molar refractivity (Wildman–Crippen MR) is 107 cm³/mol. The highest BCUT2D eigenvalue weighted by molar-refractivity contribution is 5.94. The number of carbonyl (C=O) groups is 1. The SMILES string of the molecule is COc1cccc(C(=O)NCCc2cc3c(OC)ccc(OC)c3[nH]c2=O)c1. The minimum Gasteiger partial charge on any atom is -0.497 e. The molecule has 0 aliphatic carbocycles. The van der Waals surface area contributed by atoms with E-state index in [0.717, 1.165) is 5.39 Å². The lowest BCUT2D eigenvalue weighted by molar-refractivity contribution is 0.0953. The third-order valence-corrected chi connectivity index (χ3v) is 4.47. The van der Waals surface area contributed by atoms with Gasteiger partial charge in [0.05, 0.1) is 26.8 Å². The Labute approximate surface area is 162 Å². The standard InChI is InChI=1S/C21H22N2O5/c1-26-15-6-4-5-13(11-15)20(24)22-10-9-14-12-16-17(27-2)7-8-18(28-3)19(16)23-21(14)25/h4-8,11-12H,9-10H2,1-3H3,(H,22,24)(H,23,25). The van der Waals surface area contributed by atoms with Crippen molar-refractivity contribution in [1.29, 1.82) is 0 Å². The van der Waals surface area contributed by atoms with Crippen LogP contribution in [0.2, 0.25) is 0 Å². The van der Waals surface area contributed by atoms with E-state index in [-0.39, 0.29) is 11.5 Å². The topological polar surface area (TPSA) is 89.7 Å². The largest absolute Gasteiger partial charge is 0.497 e. The van der Waals surface area contributed by atoms with Crippen molar-refractivity contribution >= 4 is 16.8 Å². The number of rotatable bonds is 7. The van der Waals surface area contributed by atoms with Crippen molar-refractivity contribution in [2.45, 2.75) is 6.42 Å². The molecule has 2 N–H and O–H groups in total. The normalized spacial score (nSPS) is 10.5. The molecule has 0 saturated carbocycles. The van der Waals surface area contributed by atoms with Gasteiger partial charge in [0, 0.05) is 23.1 Å². The number of H-pyrrole nitrogens is 1. The van der Waals surface area contributed by atoms with Gasteiger partial charge in [-0.15, -0.1) is 0 Å². The van der Waals surface area contributed by atoms with E-state index in [9.17, 15) is 9.59 Å². The van der Waals surface area contributed by atoms with Gasteiger partial charge in [0.25, 0.3) is 11.5 Å². The highest BCUT2D eigenvalue weighted by atomic mass is 16.5. The number of pyridine rings is 1. The molecule has 0 atom stereocenters. The molecule has 3 rings (SSSR count). The van der Waals surface area contributed by atoms with Gasteiger partial charge in [-0.05, 0) is 42.8 Å². The van der Waals surface area contributed by atoms with Crippen LogP contribution in [-0.4, -0.2) is 38.8 Å². The lowest BCUT2D eigenvalue weighted by Crippen LogP contribution is -2.27. The smallest absolute Gasteiger partial charge is 0.251 e. The summed E-state index contributed by atoms with van der Waals surface area (Å²) in [5.41, 5.74) is 1.40. The van der Waals surface area contributed by atoms with Crippen LogP contribution in [0, 0.1) is 0 Å². The molecule has 0 bridgehead atoms. The Kier molecular flexibility index (Phi) is 5.84. The van der Waals surface area contributed by atoms with Gasteiger partial charge in [-0.3, -0.25) is 9.59 Å². The zero-order valence-electron chi connectivity index (χ0n) is 16.0. The molecule has 1 heterocycles. The molecule has 0 unspecified atom stereocenters. The Hall–Kier alpha value is -3.48. The Morgan fingerprint density at radius 1 is 1.00 bits per heavy atom. The second-order valence-electron chi connectivity index (χ2n) is 6.12. The molecule has 28 heavy (non-hydrogen) atoms. The summed E-state index contributed by atoms with van der Waals surface area (Å²) in [6.07, 6.45) is 0.376. The maximum absolute atomic E-state index is 12.4. The first-order chi connectivity index (χ1) is 13.6. The zero-order valence-corrected chi connectivity index (χ0v) is 16.0. The summed E-state index contributed by atoms with van der Waals surface area (Å²) in [7, 11) is 4.66. The van der Waals surface area contributed by atoms with Gasteiger partial charge in [-0.1, -0.05) is 6.07 Å². The van der Waals surface area contributed by atoms with E-state index in [4.69, 9.17) is 14.2 Å². The number of amides is 1. The lowest BCUT2D eigenvalue weighted by Gasteiger charge is -2.11. The molecule has 0 spiro atoms. The molecule has 1 aromatic heterocycles. The number of hydrogen-bond donors (Lipinski definition) is 2. The van der Waals surface area contributed by atoms with E-state index in [1.807, 2.05) is 0 Å². The number of aromatic amines is 1. The maximum atomic E-state index is 12.4. The molecule has 1 amide bonds. The van der Waals surface area contributed by atoms with Crippen molar-refractivity contribution in [3.05, 3.63) is 63.9 Å². The highest BCUT2D eigenvalue weighted by Crippen LogP contribution is 2.31. The van der Waals surface area contributed by atoms with Gasteiger partial charge >= 0.3 is 0 Å². The van der Waals surface area contributed by atoms with E-state index >= 15 is 0 Å². The molecule has 0 radical (unpaired) electrons. The zero-order chi connectivity index (χ0) is 20.1. The van der Waals surface area contributed by atoms with E-state index in [0.29, 0.717) is 46.9 Å². The quantitative estimate of drug-likeness (QED) is 0.655. The average Bonchev–Trinajstić information content (AvgIpc) is 2.73. The third-order valence-electron chi connectivity index (χ3n) is 4.47. The summed E-state index contributed by atoms with van der Waals surface area (Å²) in [6, 6.07) is 12.2. The monoisotopic (exact) mass is 382 g/mol. The van der Waals surface area contributed by atoms with Crippen molar-refractivity contribution in [2.24, 2.45) is 0 Å². The van der Waals surface area contributed by atoms with Crippen molar-refractivity contribution in [1.82, 2.24) is 10.3 Å². The first-order valence-corrected chi connectivity index (χ1v) is 8.76. The summed E-state index contributed by atoms with van der Waals surface area (Å²) in [6.45, 7) is 0.316. The number of aromatic nitrogens is 1. The summed E-state index contributed by atoms with van der Waals surface area (Å²) < 4.78 is 15.8. The Morgan fingerprint density at radius 2 is 1.75 bits per heavy atom. The van der Waals surface area contributed by atoms with Gasteiger partial charge in [0.2, 0.25) is 0 Å². The summed E-state index contributed by atoms with van der Waals surface area (Å²) in [5.74, 6) is 1.58. The highest BCUT2D eigenvalue weighted by Gasteiger charge is 2.12. The van der Waals surface area contributed by atoms with Gasteiger partial charge in [0.1, 0.15) is 17.2 Å². The number of ether oxygens (including phenoxy) is 3. The third kappa shape index (κ3) is 3.93. The second kappa shape index (κ2) is 8.47. The minimum absolute atomic E-state index is 0.227. The van der Waals surface area contributed by atoms with E-state index in [2.05, 4.69) is 10.3 Å². The molecule has 0 saturated heterocycles. The second-order valence-corrected chi connectivity index (χ2v) is 6.12. The van der Waals surface area contributed by atoms with Crippen LogP contribution in [0.5, 0.6) is 17.2 Å². The van der Waals surface area contributed by atoms with Gasteiger partial charge in [0.15, 0.2) is 0 Å². The van der Waals surface area contributed by atoms with E-state index in [1.54, 1.807) is 63.8 Å². The average molecular weight is 382 g/mol. The van der Waals surface area contributed by atoms with Crippen LogP contribution in [0.4, 0.5) is 0 Å². The summed E-state index contributed by atoms with van der Waals surface area (Å²) in [5, 5.41) is 3.57. The van der Waals surface area contributed by atoms with Gasteiger partial charge in [-0.25, -0.2) is 0 Å². The molecule has 7 nitrogen and oxygen atoms in total. The van der Waals surface area contributed by atoms with Crippen LogP contribution in [0.15, 0.2) is 47.3 Å². The fourth-order valence-corrected chi connectivity index (χ4v) is 3.00. The van der Waals surface area contributed by atoms with Gasteiger partial charge < -0.3 is 24.5 Å². The number of fused-ring (bicyclic) bond motifs is 1. The maximum Gasteiger partial charge on any atom is 0.251 e. The molecule has 3 aromatic rings. The number of carbonyl (C=O) groups excluding carboxylic acids is 1. The molecule has 0 aliphatic rings. The van der Waals surface area contributed by atoms with E-state index in [1.165, 1.54) is 0 Å². The van der Waals surface area contributed by atoms with Crippen LogP contribution in [0.1, 0.15) is 15.9 Å². The van der Waals surface area contributed by atoms with Crippen LogP contribution in [0.3, 0.4) is 0 Å². The van der Waals surface area contributed by atoms with Crippen LogP contribution >= 0.6 is 0 Å². The first kappa shape index (κ1) is 19.3. The lowest BCUT2D eigenvalue weighted by atomic mass is 10.1. The Bertz CT molecular complexity index is 1060. The Morgan fingerprint density at radius 3 is 2.46 bits per heavy atom. The minimum atomic E-state index is -0.227. The van der Waals surface area contributed by atoms with E-state index < -0.39 is 0 Å². The van der Waals surface area contributed by atoms with Crippen LogP contribution in [-0.2, 0) is 6.42 Å². The summed E-state index contributed by atoms with van der Waals surface area (Å²) >= 11 is 0. The molecular weight excluding hydrogens is 360 g/mol. The van der Waals surface area contributed by atoms with Crippen LogP contribution in [0.25, 0.3) is 10.9 Å². The van der Waals surface area contributed by atoms with Crippen molar-refractivity contribution < 1.29 is 19.0 Å². The predicted octanol–water partition coefficient (Wildman–Crippen LogP) is 2.53. The van der Waals surface area contributed by atoms with Crippen molar-refractivity contribution in [2.75, 3.05) is 27.9 Å². The fraction of sp³-hybridized carbons (Fsp3) is 0.238. The number of methoxy groups -OCH3 is 3.